The van der Waals surface area contributed by atoms with Crippen LogP contribution in [-0.4, -0.2) is 31.9 Å². The van der Waals surface area contributed by atoms with Gasteiger partial charge in [0.05, 0.1) is 46.0 Å². The minimum atomic E-state index is -0.648. The molecule has 0 amide bonds. The summed E-state index contributed by atoms with van der Waals surface area (Å²) in [5.41, 5.74) is 11.1. The fraction of sp³-hybridized carbons (Fsp3) is 0.100. The lowest BCUT2D eigenvalue weighted by atomic mass is 10.00. The molecule has 3 heterocycles. The largest absolute Gasteiger partial charge is 0.382 e. The number of nitriles is 1. The number of aliphatic imine (C=N–C) groups is 1. The summed E-state index contributed by atoms with van der Waals surface area (Å²) in [5, 5.41) is 14.3. The van der Waals surface area contributed by atoms with Gasteiger partial charge in [0, 0.05) is 28.9 Å². The second kappa shape index (κ2) is 10.5. The van der Waals surface area contributed by atoms with Crippen LogP contribution in [-0.2, 0) is 5.54 Å². The smallest absolute Gasteiger partial charge is 0.152 e. The van der Waals surface area contributed by atoms with Crippen LogP contribution < -0.4 is 11.6 Å². The topological polar surface area (TPSA) is 152 Å². The average Bonchev–Trinajstić information content (AvgIpc) is 2.98. The van der Waals surface area contributed by atoms with E-state index in [1.54, 1.807) is 36.8 Å². The third kappa shape index (κ3) is 5.17. The van der Waals surface area contributed by atoms with Crippen molar-refractivity contribution in [3.05, 3.63) is 102 Å². The predicted molar refractivity (Wildman–Crippen MR) is 154 cm³/mol. The molecule has 2 aromatic carbocycles. The van der Waals surface area contributed by atoms with E-state index in [2.05, 4.69) is 21.1 Å². The molecule has 0 saturated carbocycles. The standard InChI is InChI=1S/C30H25N9/c1-30(2,25-10-3-4-13-35-25)36-18-24(39-33)28-29(32)38-27(21-8-5-7-19(15-21)17-31)26(37-28)22-11-12-23-20(16-22)9-6-14-34-23/h3-16,18H,33H2,1-2H3,(H2,32,38). The molecule has 3 aromatic heterocycles. The first-order valence-electron chi connectivity index (χ1n) is 12.2. The summed E-state index contributed by atoms with van der Waals surface area (Å²) in [6, 6.07) is 24.7. The van der Waals surface area contributed by atoms with E-state index in [-0.39, 0.29) is 11.5 Å². The molecule has 39 heavy (non-hydrogen) atoms. The molecule has 0 atom stereocenters. The van der Waals surface area contributed by atoms with E-state index < -0.39 is 5.54 Å². The Morgan fingerprint density at radius 2 is 1.69 bits per heavy atom. The normalized spacial score (nSPS) is 12.1. The second-order valence-electron chi connectivity index (χ2n) is 9.30. The van der Waals surface area contributed by atoms with Crippen LogP contribution in [0.1, 0.15) is 30.8 Å². The number of anilines is 1. The van der Waals surface area contributed by atoms with Crippen molar-refractivity contribution in [1.29, 1.82) is 5.26 Å². The second-order valence-corrected chi connectivity index (χ2v) is 9.30. The Hall–Kier alpha value is -5.49. The average molecular weight is 512 g/mol. The van der Waals surface area contributed by atoms with Crippen LogP contribution in [0.2, 0.25) is 0 Å². The molecule has 9 nitrogen and oxygen atoms in total. The molecule has 190 valence electrons. The molecule has 0 aliphatic rings. The molecule has 0 unspecified atom stereocenters. The van der Waals surface area contributed by atoms with Crippen LogP contribution >= 0.6 is 0 Å². The monoisotopic (exact) mass is 511 g/mol. The number of fused-ring (bicyclic) bond motifs is 1. The first-order chi connectivity index (χ1) is 18.9. The predicted octanol–water partition coefficient (Wildman–Crippen LogP) is 4.88. The van der Waals surface area contributed by atoms with Crippen molar-refractivity contribution in [2.45, 2.75) is 19.4 Å². The molecule has 0 spiro atoms. The maximum absolute atomic E-state index is 9.46. The number of nitrogens with zero attached hydrogens (tertiary/aromatic N) is 7. The minimum Gasteiger partial charge on any atom is -0.382 e. The van der Waals surface area contributed by atoms with E-state index in [0.29, 0.717) is 28.2 Å². The summed E-state index contributed by atoms with van der Waals surface area (Å²) in [7, 11) is 0. The molecule has 0 saturated heterocycles. The number of hydrazone groups is 1. The van der Waals surface area contributed by atoms with E-state index >= 15 is 0 Å². The van der Waals surface area contributed by atoms with Gasteiger partial charge in [-0.1, -0.05) is 30.3 Å². The first kappa shape index (κ1) is 25.2. The Labute approximate surface area is 225 Å². The van der Waals surface area contributed by atoms with Crippen LogP contribution in [0, 0.1) is 11.3 Å². The Morgan fingerprint density at radius 3 is 2.46 bits per heavy atom. The lowest BCUT2D eigenvalue weighted by molar-refractivity contribution is 0.542. The van der Waals surface area contributed by atoms with Crippen molar-refractivity contribution in [3.8, 4) is 28.6 Å². The van der Waals surface area contributed by atoms with Gasteiger partial charge in [-0.2, -0.15) is 10.4 Å². The van der Waals surface area contributed by atoms with Crippen LogP contribution in [0.15, 0.2) is 95.3 Å². The fourth-order valence-electron chi connectivity index (χ4n) is 4.17. The van der Waals surface area contributed by atoms with Crippen molar-refractivity contribution < 1.29 is 0 Å². The number of rotatable bonds is 6. The van der Waals surface area contributed by atoms with Gasteiger partial charge in [-0.25, -0.2) is 9.97 Å². The SMILES string of the molecule is CC(C)(N=CC(=NN)c1nc(-c2ccc3ncccc3c2)c(-c2cccc(C#N)c2)nc1N)c1ccccn1. The minimum absolute atomic E-state index is 0.129. The maximum atomic E-state index is 9.46. The van der Waals surface area contributed by atoms with Gasteiger partial charge in [0.15, 0.2) is 5.82 Å². The molecular weight excluding hydrogens is 486 g/mol. The van der Waals surface area contributed by atoms with E-state index in [1.807, 2.05) is 68.4 Å². The summed E-state index contributed by atoms with van der Waals surface area (Å²) in [5.74, 6) is 5.93. The third-order valence-electron chi connectivity index (χ3n) is 6.25. The van der Waals surface area contributed by atoms with Crippen LogP contribution in [0.3, 0.4) is 0 Å². The van der Waals surface area contributed by atoms with E-state index in [4.69, 9.17) is 26.5 Å². The summed E-state index contributed by atoms with van der Waals surface area (Å²) in [6.07, 6.45) is 5.01. The van der Waals surface area contributed by atoms with Crippen molar-refractivity contribution in [2.24, 2.45) is 15.9 Å². The molecule has 0 aliphatic carbocycles. The highest BCUT2D eigenvalue weighted by molar-refractivity contribution is 6.38. The van der Waals surface area contributed by atoms with Gasteiger partial charge < -0.3 is 11.6 Å². The molecule has 5 rings (SSSR count). The number of hydrogen-bond acceptors (Lipinski definition) is 9. The Morgan fingerprint density at radius 1 is 0.897 bits per heavy atom. The Balaban J connectivity index is 1.66. The Kier molecular flexibility index (Phi) is 6.76. The molecule has 9 heteroatoms. The molecule has 4 N–H and O–H groups in total. The number of aromatic nitrogens is 4. The number of hydrogen-bond donors (Lipinski definition) is 2. The van der Waals surface area contributed by atoms with E-state index in [9.17, 15) is 5.26 Å². The molecular formula is C30H25N9. The van der Waals surface area contributed by atoms with Gasteiger partial charge in [-0.15, -0.1) is 0 Å². The molecule has 5 aromatic rings. The molecule has 0 fully saturated rings. The highest BCUT2D eigenvalue weighted by Crippen LogP contribution is 2.33. The summed E-state index contributed by atoms with van der Waals surface area (Å²) in [6.45, 7) is 3.88. The number of nitrogen functional groups attached to an aromatic ring is 1. The van der Waals surface area contributed by atoms with Crippen LogP contribution in [0.5, 0.6) is 0 Å². The number of nitrogens with two attached hydrogens (primary N) is 2. The molecule has 0 aliphatic heterocycles. The van der Waals surface area contributed by atoms with E-state index in [1.165, 1.54) is 0 Å². The van der Waals surface area contributed by atoms with E-state index in [0.717, 1.165) is 22.2 Å². The highest BCUT2D eigenvalue weighted by atomic mass is 15.1. The zero-order valence-corrected chi connectivity index (χ0v) is 21.4. The van der Waals surface area contributed by atoms with Crippen LogP contribution in [0.4, 0.5) is 5.82 Å². The fourth-order valence-corrected chi connectivity index (χ4v) is 4.17. The van der Waals surface area contributed by atoms with Gasteiger partial charge in [0.2, 0.25) is 0 Å². The van der Waals surface area contributed by atoms with Crippen molar-refractivity contribution in [1.82, 2.24) is 19.9 Å². The van der Waals surface area contributed by atoms with Crippen molar-refractivity contribution in [2.75, 3.05) is 5.73 Å². The maximum Gasteiger partial charge on any atom is 0.152 e. The zero-order chi connectivity index (χ0) is 27.4. The van der Waals surface area contributed by atoms with Gasteiger partial charge in [0.1, 0.15) is 11.4 Å². The van der Waals surface area contributed by atoms with Gasteiger partial charge in [-0.05, 0) is 56.3 Å². The first-order valence-corrected chi connectivity index (χ1v) is 12.2. The van der Waals surface area contributed by atoms with Gasteiger partial charge >= 0.3 is 0 Å². The molecule has 0 bridgehead atoms. The van der Waals surface area contributed by atoms with Crippen molar-refractivity contribution in [3.63, 3.8) is 0 Å². The summed E-state index contributed by atoms with van der Waals surface area (Å²) >= 11 is 0. The lowest BCUT2D eigenvalue weighted by Crippen LogP contribution is -2.20. The third-order valence-corrected chi connectivity index (χ3v) is 6.25. The van der Waals surface area contributed by atoms with Crippen molar-refractivity contribution >= 4 is 28.6 Å². The quantitative estimate of drug-likeness (QED) is 0.187. The van der Waals surface area contributed by atoms with Gasteiger partial charge in [0.25, 0.3) is 0 Å². The van der Waals surface area contributed by atoms with Crippen LogP contribution in [0.25, 0.3) is 33.4 Å². The number of pyridine rings is 2. The zero-order valence-electron chi connectivity index (χ0n) is 21.4. The number of benzene rings is 2. The summed E-state index contributed by atoms with van der Waals surface area (Å²) < 4.78 is 0. The summed E-state index contributed by atoms with van der Waals surface area (Å²) in [4.78, 5) is 23.2. The molecule has 0 radical (unpaired) electrons. The highest BCUT2D eigenvalue weighted by Gasteiger charge is 2.22. The van der Waals surface area contributed by atoms with Gasteiger partial charge in [-0.3, -0.25) is 15.0 Å². The Bertz CT molecular complexity index is 1770. The lowest BCUT2D eigenvalue weighted by Gasteiger charge is -2.19.